The summed E-state index contributed by atoms with van der Waals surface area (Å²) in [5.41, 5.74) is -0.191. The Morgan fingerprint density at radius 3 is 2.95 bits per heavy atom. The lowest BCUT2D eigenvalue weighted by molar-refractivity contribution is -0.122. The standard InChI is InChI=1S/C14H24N4O4/c1-21-9-10-22-8-6-15-13(19)11-18-14(20)17-7-4-2-3-5-12(17)16-18/h2-11H2,1H3,(H,15,19). The maximum absolute atomic E-state index is 12.2. The van der Waals surface area contributed by atoms with Crippen molar-refractivity contribution in [2.24, 2.45) is 0 Å². The highest BCUT2D eigenvalue weighted by Gasteiger charge is 2.16. The van der Waals surface area contributed by atoms with E-state index in [1.807, 2.05) is 0 Å². The second-order valence-electron chi connectivity index (χ2n) is 5.27. The normalized spacial score (nSPS) is 14.4. The van der Waals surface area contributed by atoms with Crippen LogP contribution in [-0.2, 0) is 33.8 Å². The summed E-state index contributed by atoms with van der Waals surface area (Å²) in [6.45, 7) is 2.51. The molecule has 0 atom stereocenters. The Hall–Kier alpha value is -1.67. The molecule has 0 aliphatic carbocycles. The van der Waals surface area contributed by atoms with Gasteiger partial charge in [-0.2, -0.15) is 5.10 Å². The minimum Gasteiger partial charge on any atom is -0.382 e. The molecule has 0 spiro atoms. The largest absolute Gasteiger partial charge is 0.382 e. The number of methoxy groups -OCH3 is 1. The van der Waals surface area contributed by atoms with E-state index in [0.717, 1.165) is 31.5 Å². The molecule has 1 aliphatic heterocycles. The predicted octanol–water partition coefficient (Wildman–Crippen LogP) is -0.450. The Bertz CT molecular complexity index is 537. The Morgan fingerprint density at radius 2 is 2.14 bits per heavy atom. The van der Waals surface area contributed by atoms with Gasteiger partial charge in [-0.25, -0.2) is 9.48 Å². The van der Waals surface area contributed by atoms with Gasteiger partial charge in [-0.3, -0.25) is 9.36 Å². The lowest BCUT2D eigenvalue weighted by Gasteiger charge is -2.06. The van der Waals surface area contributed by atoms with Crippen LogP contribution in [0.15, 0.2) is 4.79 Å². The summed E-state index contributed by atoms with van der Waals surface area (Å²) >= 11 is 0. The van der Waals surface area contributed by atoms with Crippen LogP contribution in [0.2, 0.25) is 0 Å². The molecule has 1 amide bonds. The number of hydrogen-bond acceptors (Lipinski definition) is 5. The number of amides is 1. The van der Waals surface area contributed by atoms with Crippen molar-refractivity contribution in [1.29, 1.82) is 0 Å². The number of hydrogen-bond donors (Lipinski definition) is 1. The average molecular weight is 312 g/mol. The van der Waals surface area contributed by atoms with Gasteiger partial charge in [0.2, 0.25) is 5.91 Å². The first-order chi connectivity index (χ1) is 10.7. The van der Waals surface area contributed by atoms with Gasteiger partial charge in [0.1, 0.15) is 12.4 Å². The first-order valence-electron chi connectivity index (χ1n) is 7.72. The molecule has 22 heavy (non-hydrogen) atoms. The molecule has 8 heteroatoms. The molecule has 2 heterocycles. The number of rotatable bonds is 8. The van der Waals surface area contributed by atoms with Crippen molar-refractivity contribution in [2.45, 2.75) is 38.8 Å². The van der Waals surface area contributed by atoms with Crippen LogP contribution >= 0.6 is 0 Å². The Labute approximate surface area is 129 Å². The SMILES string of the molecule is COCCOCCNC(=O)Cn1nc2n(c1=O)CCCCC2. The van der Waals surface area contributed by atoms with Crippen LogP contribution in [0.3, 0.4) is 0 Å². The van der Waals surface area contributed by atoms with Crippen LogP contribution in [0.25, 0.3) is 0 Å². The molecular formula is C14H24N4O4. The van der Waals surface area contributed by atoms with E-state index in [1.54, 1.807) is 11.7 Å². The van der Waals surface area contributed by atoms with Gasteiger partial charge in [0, 0.05) is 26.6 Å². The Kier molecular flexibility index (Phi) is 6.60. The minimum atomic E-state index is -0.231. The van der Waals surface area contributed by atoms with Crippen LogP contribution in [0.1, 0.15) is 25.1 Å². The molecule has 124 valence electrons. The third-order valence-electron chi connectivity index (χ3n) is 3.58. The van der Waals surface area contributed by atoms with Gasteiger partial charge < -0.3 is 14.8 Å². The zero-order chi connectivity index (χ0) is 15.8. The Morgan fingerprint density at radius 1 is 1.27 bits per heavy atom. The van der Waals surface area contributed by atoms with Crippen LogP contribution in [0.4, 0.5) is 0 Å². The van der Waals surface area contributed by atoms with E-state index < -0.39 is 0 Å². The molecule has 0 saturated carbocycles. The molecule has 2 rings (SSSR count). The van der Waals surface area contributed by atoms with Crippen molar-refractivity contribution < 1.29 is 14.3 Å². The van der Waals surface area contributed by atoms with E-state index in [0.29, 0.717) is 32.9 Å². The fourth-order valence-corrected chi connectivity index (χ4v) is 2.43. The number of aryl methyl sites for hydroxylation is 1. The average Bonchev–Trinajstić information content (AvgIpc) is 2.68. The third kappa shape index (κ3) is 4.67. The summed E-state index contributed by atoms with van der Waals surface area (Å²) < 4.78 is 13.0. The lowest BCUT2D eigenvalue weighted by atomic mass is 10.2. The molecule has 1 aliphatic rings. The van der Waals surface area contributed by atoms with E-state index in [9.17, 15) is 9.59 Å². The zero-order valence-corrected chi connectivity index (χ0v) is 13.0. The monoisotopic (exact) mass is 312 g/mol. The molecule has 1 aromatic rings. The summed E-state index contributed by atoms with van der Waals surface area (Å²) in [5.74, 6) is 0.559. The smallest absolute Gasteiger partial charge is 0.346 e. The highest BCUT2D eigenvalue weighted by atomic mass is 16.5. The van der Waals surface area contributed by atoms with E-state index in [2.05, 4.69) is 10.4 Å². The number of aromatic nitrogens is 3. The number of nitrogens with one attached hydrogen (secondary N) is 1. The van der Waals surface area contributed by atoms with E-state index in [-0.39, 0.29) is 18.1 Å². The fraction of sp³-hybridized carbons (Fsp3) is 0.786. The van der Waals surface area contributed by atoms with Crippen molar-refractivity contribution in [3.63, 3.8) is 0 Å². The van der Waals surface area contributed by atoms with Crippen LogP contribution in [0, 0.1) is 0 Å². The molecule has 0 aromatic carbocycles. The first kappa shape index (κ1) is 16.7. The van der Waals surface area contributed by atoms with Crippen molar-refractivity contribution in [2.75, 3.05) is 33.5 Å². The van der Waals surface area contributed by atoms with Crippen LogP contribution in [-0.4, -0.2) is 53.7 Å². The molecule has 0 saturated heterocycles. The molecule has 1 N–H and O–H groups in total. The molecule has 1 aromatic heterocycles. The maximum atomic E-state index is 12.2. The molecular weight excluding hydrogens is 288 g/mol. The predicted molar refractivity (Wildman–Crippen MR) is 79.7 cm³/mol. The number of carbonyl (C=O) groups excluding carboxylic acids is 1. The molecule has 0 radical (unpaired) electrons. The quantitative estimate of drug-likeness (QED) is 0.657. The van der Waals surface area contributed by atoms with Gasteiger partial charge in [0.25, 0.3) is 0 Å². The number of carbonyl (C=O) groups is 1. The molecule has 0 fully saturated rings. The van der Waals surface area contributed by atoms with Crippen LogP contribution < -0.4 is 11.0 Å². The lowest BCUT2D eigenvalue weighted by Crippen LogP contribution is -2.35. The highest BCUT2D eigenvalue weighted by Crippen LogP contribution is 2.09. The number of ether oxygens (including phenoxy) is 2. The van der Waals surface area contributed by atoms with Crippen molar-refractivity contribution >= 4 is 5.91 Å². The number of nitrogens with zero attached hydrogens (tertiary/aromatic N) is 3. The summed E-state index contributed by atoms with van der Waals surface area (Å²) in [5, 5.41) is 6.99. The fourth-order valence-electron chi connectivity index (χ4n) is 2.43. The van der Waals surface area contributed by atoms with Gasteiger partial charge in [-0.15, -0.1) is 0 Å². The van der Waals surface area contributed by atoms with Crippen molar-refractivity contribution in [1.82, 2.24) is 19.7 Å². The summed E-state index contributed by atoms with van der Waals surface area (Å²) in [6, 6.07) is 0. The van der Waals surface area contributed by atoms with Crippen molar-refractivity contribution in [3.8, 4) is 0 Å². The second-order valence-corrected chi connectivity index (χ2v) is 5.27. The van der Waals surface area contributed by atoms with E-state index >= 15 is 0 Å². The van der Waals surface area contributed by atoms with E-state index in [1.165, 1.54) is 4.68 Å². The summed E-state index contributed by atoms with van der Waals surface area (Å²) in [6.07, 6.45) is 3.95. The maximum Gasteiger partial charge on any atom is 0.346 e. The third-order valence-corrected chi connectivity index (χ3v) is 3.58. The Balaban J connectivity index is 1.78. The molecule has 8 nitrogen and oxygen atoms in total. The van der Waals surface area contributed by atoms with Gasteiger partial charge in [0.15, 0.2) is 0 Å². The molecule has 0 unspecified atom stereocenters. The summed E-state index contributed by atoms with van der Waals surface area (Å²) in [7, 11) is 1.61. The first-order valence-corrected chi connectivity index (χ1v) is 7.72. The van der Waals surface area contributed by atoms with Crippen LogP contribution in [0.5, 0.6) is 0 Å². The summed E-state index contributed by atoms with van der Waals surface area (Å²) in [4.78, 5) is 24.0. The van der Waals surface area contributed by atoms with Crippen molar-refractivity contribution in [3.05, 3.63) is 16.3 Å². The van der Waals surface area contributed by atoms with E-state index in [4.69, 9.17) is 9.47 Å². The zero-order valence-electron chi connectivity index (χ0n) is 13.0. The second kappa shape index (κ2) is 8.70. The highest BCUT2D eigenvalue weighted by molar-refractivity contribution is 5.75. The molecule has 0 bridgehead atoms. The van der Waals surface area contributed by atoms with Gasteiger partial charge in [-0.05, 0) is 12.8 Å². The number of fused-ring (bicyclic) bond motifs is 1. The topological polar surface area (TPSA) is 87.4 Å². The minimum absolute atomic E-state index is 0.0447. The van der Waals surface area contributed by atoms with Gasteiger partial charge in [0.05, 0.1) is 19.8 Å². The van der Waals surface area contributed by atoms with Gasteiger partial charge in [-0.1, -0.05) is 6.42 Å². The van der Waals surface area contributed by atoms with Gasteiger partial charge >= 0.3 is 5.69 Å².